The predicted molar refractivity (Wildman–Crippen MR) is 71.0 cm³/mol. The van der Waals surface area contributed by atoms with E-state index in [0.717, 1.165) is 16.7 Å². The molecule has 3 aromatic rings. The Balaban J connectivity index is 2.42. The second-order valence-corrected chi connectivity index (χ2v) is 4.28. The number of carbonyl (C=O) groups is 1. The van der Waals surface area contributed by atoms with Crippen LogP contribution in [0.5, 0.6) is 0 Å². The van der Waals surface area contributed by atoms with Gasteiger partial charge >= 0.3 is 5.97 Å². The first kappa shape index (κ1) is 11.4. The number of pyridine rings is 2. The van der Waals surface area contributed by atoms with Crippen LogP contribution in [0.4, 0.5) is 0 Å². The normalized spacial score (nSPS) is 10.8. The fraction of sp³-hybridized carbons (Fsp3) is 0.0714. The smallest absolute Gasteiger partial charge is 0.337 e. The first-order valence-electron chi connectivity index (χ1n) is 5.79. The van der Waals surface area contributed by atoms with E-state index in [9.17, 15) is 9.90 Å². The number of hydrogen-bond acceptors (Lipinski definition) is 3. The molecule has 0 radical (unpaired) electrons. The molecule has 0 unspecified atom stereocenters. The van der Waals surface area contributed by atoms with Gasteiger partial charge in [-0.25, -0.2) is 9.78 Å². The summed E-state index contributed by atoms with van der Waals surface area (Å²) in [7, 11) is 0. The Bertz CT molecular complexity index is 763. The average molecular weight is 253 g/mol. The third-order valence-electron chi connectivity index (χ3n) is 3.09. The van der Waals surface area contributed by atoms with Crippen LogP contribution in [0.1, 0.15) is 15.9 Å². The van der Waals surface area contributed by atoms with Gasteiger partial charge in [0.25, 0.3) is 0 Å². The first-order valence-corrected chi connectivity index (χ1v) is 5.79. The van der Waals surface area contributed by atoms with Crippen LogP contribution in [0, 0.1) is 6.92 Å². The standard InChI is InChI=1S/C14H11N3O2/c1-8-6-16-13-12(10(7-17-13)14(18)19)11(8)9-2-4-15-5-3-9/h2-7H,1H3,(H,16,17)(H,18,19). The minimum absolute atomic E-state index is 0.234. The maximum atomic E-state index is 11.3. The summed E-state index contributed by atoms with van der Waals surface area (Å²) < 4.78 is 0. The number of fused-ring (bicyclic) bond motifs is 1. The fourth-order valence-corrected chi connectivity index (χ4v) is 2.25. The molecule has 0 saturated heterocycles. The number of hydrogen-bond donors (Lipinski definition) is 2. The van der Waals surface area contributed by atoms with Crippen molar-refractivity contribution in [1.29, 1.82) is 0 Å². The maximum Gasteiger partial charge on any atom is 0.337 e. The van der Waals surface area contributed by atoms with Crippen molar-refractivity contribution in [3.8, 4) is 11.1 Å². The van der Waals surface area contributed by atoms with E-state index >= 15 is 0 Å². The summed E-state index contributed by atoms with van der Waals surface area (Å²) in [6.45, 7) is 1.92. The van der Waals surface area contributed by atoms with Crippen molar-refractivity contribution in [2.75, 3.05) is 0 Å². The molecule has 5 nitrogen and oxygen atoms in total. The first-order chi connectivity index (χ1) is 9.18. The third-order valence-corrected chi connectivity index (χ3v) is 3.09. The number of carboxylic acid groups (broad SMARTS) is 1. The number of aromatic nitrogens is 3. The second-order valence-electron chi connectivity index (χ2n) is 4.28. The summed E-state index contributed by atoms with van der Waals surface area (Å²) in [5, 5.41) is 9.91. The number of nitrogens with one attached hydrogen (secondary N) is 1. The van der Waals surface area contributed by atoms with Crippen molar-refractivity contribution in [2.24, 2.45) is 0 Å². The topological polar surface area (TPSA) is 78.9 Å². The Morgan fingerprint density at radius 2 is 2.05 bits per heavy atom. The number of aromatic amines is 1. The Hall–Kier alpha value is -2.69. The van der Waals surface area contributed by atoms with E-state index in [0.29, 0.717) is 11.0 Å². The van der Waals surface area contributed by atoms with Crippen LogP contribution in [0.3, 0.4) is 0 Å². The summed E-state index contributed by atoms with van der Waals surface area (Å²) in [5.41, 5.74) is 3.56. The Morgan fingerprint density at radius 1 is 1.32 bits per heavy atom. The molecule has 0 bridgehead atoms. The second kappa shape index (κ2) is 4.20. The van der Waals surface area contributed by atoms with Gasteiger partial charge < -0.3 is 10.1 Å². The van der Waals surface area contributed by atoms with E-state index in [-0.39, 0.29) is 5.56 Å². The molecule has 3 rings (SSSR count). The van der Waals surface area contributed by atoms with Crippen molar-refractivity contribution in [3.05, 3.63) is 48.0 Å². The van der Waals surface area contributed by atoms with Gasteiger partial charge in [-0.05, 0) is 35.7 Å². The van der Waals surface area contributed by atoms with Crippen molar-refractivity contribution in [3.63, 3.8) is 0 Å². The summed E-state index contributed by atoms with van der Waals surface area (Å²) in [5.74, 6) is -0.964. The monoisotopic (exact) mass is 253 g/mol. The quantitative estimate of drug-likeness (QED) is 0.735. The van der Waals surface area contributed by atoms with E-state index < -0.39 is 5.97 Å². The Kier molecular flexibility index (Phi) is 2.52. The number of aromatic carboxylic acids is 1. The van der Waals surface area contributed by atoms with Gasteiger partial charge in [0, 0.05) is 30.2 Å². The van der Waals surface area contributed by atoms with Crippen molar-refractivity contribution >= 4 is 17.0 Å². The molecular formula is C14H11N3O2. The predicted octanol–water partition coefficient (Wildman–Crippen LogP) is 2.63. The van der Waals surface area contributed by atoms with Gasteiger partial charge in [0.1, 0.15) is 5.65 Å². The lowest BCUT2D eigenvalue weighted by molar-refractivity contribution is 0.0699. The van der Waals surface area contributed by atoms with E-state index in [2.05, 4.69) is 15.0 Å². The number of carboxylic acids is 1. The number of aryl methyl sites for hydroxylation is 1. The third kappa shape index (κ3) is 1.76. The van der Waals surface area contributed by atoms with Gasteiger partial charge in [-0.1, -0.05) is 0 Å². The lowest BCUT2D eigenvalue weighted by Crippen LogP contribution is -1.96. The fourth-order valence-electron chi connectivity index (χ4n) is 2.25. The van der Waals surface area contributed by atoms with Crippen molar-refractivity contribution < 1.29 is 9.90 Å². The zero-order chi connectivity index (χ0) is 13.4. The molecule has 0 atom stereocenters. The zero-order valence-corrected chi connectivity index (χ0v) is 10.2. The minimum atomic E-state index is -0.964. The Labute approximate surface area is 109 Å². The summed E-state index contributed by atoms with van der Waals surface area (Å²) >= 11 is 0. The molecule has 5 heteroatoms. The van der Waals surface area contributed by atoms with Crippen LogP contribution >= 0.6 is 0 Å². The highest BCUT2D eigenvalue weighted by Gasteiger charge is 2.17. The molecule has 2 N–H and O–H groups in total. The molecule has 0 saturated carbocycles. The largest absolute Gasteiger partial charge is 0.478 e. The molecule has 94 valence electrons. The molecule has 0 amide bonds. The molecule has 3 aromatic heterocycles. The van der Waals surface area contributed by atoms with Crippen molar-refractivity contribution in [2.45, 2.75) is 6.92 Å². The van der Waals surface area contributed by atoms with E-state index in [1.807, 2.05) is 19.1 Å². The highest BCUT2D eigenvalue weighted by Crippen LogP contribution is 2.32. The van der Waals surface area contributed by atoms with Gasteiger partial charge in [0.2, 0.25) is 0 Å². The van der Waals surface area contributed by atoms with Crippen LogP contribution in [0.15, 0.2) is 36.9 Å². The van der Waals surface area contributed by atoms with E-state index in [4.69, 9.17) is 0 Å². The number of H-pyrrole nitrogens is 1. The van der Waals surface area contributed by atoms with Gasteiger partial charge in [-0.2, -0.15) is 0 Å². The van der Waals surface area contributed by atoms with Crippen LogP contribution in [-0.2, 0) is 0 Å². The maximum absolute atomic E-state index is 11.3. The van der Waals surface area contributed by atoms with Gasteiger partial charge in [-0.3, -0.25) is 4.98 Å². The number of rotatable bonds is 2. The molecule has 0 aromatic carbocycles. The van der Waals surface area contributed by atoms with Crippen LogP contribution in [0.2, 0.25) is 0 Å². The summed E-state index contributed by atoms with van der Waals surface area (Å²) in [6.07, 6.45) is 6.59. The van der Waals surface area contributed by atoms with Gasteiger partial charge in [0.15, 0.2) is 0 Å². The molecule has 0 aliphatic carbocycles. The molecule has 19 heavy (non-hydrogen) atoms. The average Bonchev–Trinajstić information content (AvgIpc) is 2.83. The van der Waals surface area contributed by atoms with Crippen LogP contribution < -0.4 is 0 Å². The molecule has 0 aliphatic heterocycles. The SMILES string of the molecule is Cc1cnc2[nH]cc(C(=O)O)c2c1-c1ccncc1. The van der Waals surface area contributed by atoms with Gasteiger partial charge in [0.05, 0.1) is 5.56 Å². The lowest BCUT2D eigenvalue weighted by Gasteiger charge is -2.08. The Morgan fingerprint density at radius 3 is 2.74 bits per heavy atom. The molecule has 3 heterocycles. The van der Waals surface area contributed by atoms with E-state index in [1.165, 1.54) is 6.20 Å². The zero-order valence-electron chi connectivity index (χ0n) is 10.2. The molecule has 0 aliphatic rings. The highest BCUT2D eigenvalue weighted by molar-refractivity contribution is 6.09. The van der Waals surface area contributed by atoms with E-state index in [1.54, 1.807) is 18.6 Å². The highest BCUT2D eigenvalue weighted by atomic mass is 16.4. The van der Waals surface area contributed by atoms with Crippen LogP contribution in [0.25, 0.3) is 22.2 Å². The summed E-state index contributed by atoms with van der Waals surface area (Å²) in [4.78, 5) is 22.4. The number of nitrogens with zero attached hydrogens (tertiary/aromatic N) is 2. The molecule has 0 fully saturated rings. The lowest BCUT2D eigenvalue weighted by atomic mass is 9.98. The van der Waals surface area contributed by atoms with Gasteiger partial charge in [-0.15, -0.1) is 0 Å². The minimum Gasteiger partial charge on any atom is -0.478 e. The van der Waals surface area contributed by atoms with Crippen molar-refractivity contribution in [1.82, 2.24) is 15.0 Å². The van der Waals surface area contributed by atoms with Crippen LogP contribution in [-0.4, -0.2) is 26.0 Å². The molecule has 0 spiro atoms. The summed E-state index contributed by atoms with van der Waals surface area (Å²) in [6, 6.07) is 3.72. The molecular weight excluding hydrogens is 242 g/mol.